The third-order valence-corrected chi connectivity index (χ3v) is 4.11. The molecule has 8 nitrogen and oxygen atoms in total. The monoisotopic (exact) mass is 347 g/mol. The summed E-state index contributed by atoms with van der Waals surface area (Å²) in [4.78, 5) is 20.8. The maximum atomic E-state index is 12.5. The number of carbonyl (C=O) groups is 1. The largest absolute Gasteiger partial charge is 0.348 e. The Labute approximate surface area is 149 Å². The molecule has 0 spiro atoms. The molecule has 130 valence electrons. The maximum Gasteiger partial charge on any atom is 0.251 e. The molecule has 8 heteroatoms. The van der Waals surface area contributed by atoms with Crippen LogP contribution in [0, 0.1) is 0 Å². The van der Waals surface area contributed by atoms with Crippen LogP contribution in [0.25, 0.3) is 16.9 Å². The summed E-state index contributed by atoms with van der Waals surface area (Å²) in [6.07, 6.45) is 6.92. The molecule has 4 rings (SSSR count). The Morgan fingerprint density at radius 2 is 2.12 bits per heavy atom. The second-order valence-electron chi connectivity index (χ2n) is 5.78. The van der Waals surface area contributed by atoms with E-state index in [2.05, 4.69) is 25.6 Å². The summed E-state index contributed by atoms with van der Waals surface area (Å²) < 4.78 is 3.61. The number of pyridine rings is 1. The van der Waals surface area contributed by atoms with E-state index in [1.165, 1.54) is 0 Å². The van der Waals surface area contributed by atoms with E-state index in [0.29, 0.717) is 17.6 Å². The van der Waals surface area contributed by atoms with Crippen molar-refractivity contribution in [1.29, 1.82) is 0 Å². The molecular formula is C18H17N7O. The molecule has 0 saturated heterocycles. The normalized spacial score (nSPS) is 11.0. The highest BCUT2D eigenvalue weighted by Gasteiger charge is 2.10. The van der Waals surface area contributed by atoms with Crippen molar-refractivity contribution in [2.75, 3.05) is 0 Å². The second kappa shape index (κ2) is 6.75. The van der Waals surface area contributed by atoms with Gasteiger partial charge in [0.15, 0.2) is 0 Å². The fourth-order valence-corrected chi connectivity index (χ4v) is 2.74. The van der Waals surface area contributed by atoms with Gasteiger partial charge in [-0.2, -0.15) is 0 Å². The van der Waals surface area contributed by atoms with Crippen molar-refractivity contribution in [2.45, 2.75) is 20.0 Å². The highest BCUT2D eigenvalue weighted by Crippen LogP contribution is 2.14. The van der Waals surface area contributed by atoms with E-state index in [1.807, 2.05) is 35.9 Å². The summed E-state index contributed by atoms with van der Waals surface area (Å²) in [5, 5.41) is 11.1. The van der Waals surface area contributed by atoms with E-state index >= 15 is 0 Å². The van der Waals surface area contributed by atoms with Gasteiger partial charge in [0.1, 0.15) is 17.7 Å². The molecule has 3 aromatic heterocycles. The van der Waals surface area contributed by atoms with Crippen LogP contribution in [0.1, 0.15) is 22.8 Å². The smallest absolute Gasteiger partial charge is 0.251 e. The van der Waals surface area contributed by atoms with Crippen LogP contribution in [0.4, 0.5) is 0 Å². The Morgan fingerprint density at radius 1 is 1.19 bits per heavy atom. The standard InChI is InChI=1S/C18H17N7O/c1-2-25-16-4-3-14(10-15(16)22-23-25)18(26)21-11-13-5-6-20-17(9-13)24-8-7-19-12-24/h3-10,12H,2,11H2,1H3,(H,21,26). The molecule has 0 fully saturated rings. The van der Waals surface area contributed by atoms with Gasteiger partial charge in [0.25, 0.3) is 5.91 Å². The zero-order chi connectivity index (χ0) is 17.9. The van der Waals surface area contributed by atoms with Crippen LogP contribution in [0.15, 0.2) is 55.2 Å². The number of aryl methyl sites for hydroxylation is 1. The number of hydrogen-bond acceptors (Lipinski definition) is 5. The van der Waals surface area contributed by atoms with Crippen molar-refractivity contribution in [3.8, 4) is 5.82 Å². The fourth-order valence-electron chi connectivity index (χ4n) is 2.74. The molecule has 4 aromatic rings. The minimum absolute atomic E-state index is 0.154. The minimum Gasteiger partial charge on any atom is -0.348 e. The van der Waals surface area contributed by atoms with Crippen molar-refractivity contribution in [1.82, 2.24) is 34.8 Å². The Morgan fingerprint density at radius 3 is 2.92 bits per heavy atom. The van der Waals surface area contributed by atoms with Gasteiger partial charge in [-0.25, -0.2) is 14.6 Å². The predicted molar refractivity (Wildman–Crippen MR) is 95.7 cm³/mol. The lowest BCUT2D eigenvalue weighted by atomic mass is 10.1. The first-order valence-electron chi connectivity index (χ1n) is 8.29. The molecule has 0 saturated carbocycles. The van der Waals surface area contributed by atoms with Crippen molar-refractivity contribution in [3.63, 3.8) is 0 Å². The SMILES string of the molecule is CCn1nnc2cc(C(=O)NCc3ccnc(-n4ccnc4)c3)ccc21. The van der Waals surface area contributed by atoms with Gasteiger partial charge in [-0.3, -0.25) is 9.36 Å². The van der Waals surface area contributed by atoms with Crippen LogP contribution in [-0.4, -0.2) is 35.4 Å². The molecule has 0 unspecified atom stereocenters. The Kier molecular flexibility index (Phi) is 4.14. The fraction of sp³-hybridized carbons (Fsp3) is 0.167. The van der Waals surface area contributed by atoms with Gasteiger partial charge in [0, 0.05) is 37.2 Å². The highest BCUT2D eigenvalue weighted by molar-refractivity contribution is 5.97. The zero-order valence-electron chi connectivity index (χ0n) is 14.2. The number of nitrogens with one attached hydrogen (secondary N) is 1. The lowest BCUT2D eigenvalue weighted by Gasteiger charge is -2.07. The van der Waals surface area contributed by atoms with Crippen LogP contribution < -0.4 is 5.32 Å². The first kappa shape index (κ1) is 15.9. The molecule has 0 aliphatic rings. The molecule has 1 N–H and O–H groups in total. The Balaban J connectivity index is 1.48. The Bertz CT molecular complexity index is 1050. The van der Waals surface area contributed by atoms with Gasteiger partial charge in [0.2, 0.25) is 0 Å². The average Bonchev–Trinajstić information content (AvgIpc) is 3.35. The highest BCUT2D eigenvalue weighted by atomic mass is 16.1. The molecule has 0 aliphatic carbocycles. The number of fused-ring (bicyclic) bond motifs is 1. The average molecular weight is 347 g/mol. The van der Waals surface area contributed by atoms with E-state index in [1.54, 1.807) is 35.5 Å². The van der Waals surface area contributed by atoms with Gasteiger partial charge in [-0.1, -0.05) is 5.21 Å². The number of nitrogens with zero attached hydrogens (tertiary/aromatic N) is 6. The van der Waals surface area contributed by atoms with Crippen molar-refractivity contribution in [3.05, 3.63) is 66.4 Å². The number of benzene rings is 1. The summed E-state index contributed by atoms with van der Waals surface area (Å²) in [7, 11) is 0. The summed E-state index contributed by atoms with van der Waals surface area (Å²) in [5.41, 5.74) is 3.15. The number of carbonyl (C=O) groups excluding carboxylic acids is 1. The van der Waals surface area contributed by atoms with E-state index < -0.39 is 0 Å². The molecule has 0 bridgehead atoms. The predicted octanol–water partition coefficient (Wildman–Crippen LogP) is 1.96. The van der Waals surface area contributed by atoms with Gasteiger partial charge >= 0.3 is 0 Å². The van der Waals surface area contributed by atoms with Gasteiger partial charge in [0.05, 0.1) is 5.52 Å². The number of imidazole rings is 1. The molecule has 0 radical (unpaired) electrons. The number of rotatable bonds is 5. The van der Waals surface area contributed by atoms with E-state index in [4.69, 9.17) is 0 Å². The quantitative estimate of drug-likeness (QED) is 0.596. The lowest BCUT2D eigenvalue weighted by Crippen LogP contribution is -2.22. The number of aromatic nitrogens is 6. The summed E-state index contributed by atoms with van der Waals surface area (Å²) >= 11 is 0. The summed E-state index contributed by atoms with van der Waals surface area (Å²) in [6, 6.07) is 9.20. The molecule has 0 aliphatic heterocycles. The number of hydrogen-bond donors (Lipinski definition) is 1. The van der Waals surface area contributed by atoms with Crippen LogP contribution in [0.5, 0.6) is 0 Å². The molecular weight excluding hydrogens is 330 g/mol. The first-order chi connectivity index (χ1) is 12.7. The zero-order valence-corrected chi connectivity index (χ0v) is 14.2. The topological polar surface area (TPSA) is 90.5 Å². The van der Waals surface area contributed by atoms with E-state index in [0.717, 1.165) is 23.4 Å². The van der Waals surface area contributed by atoms with Crippen LogP contribution >= 0.6 is 0 Å². The van der Waals surface area contributed by atoms with Crippen molar-refractivity contribution < 1.29 is 4.79 Å². The third kappa shape index (κ3) is 3.04. The summed E-state index contributed by atoms with van der Waals surface area (Å²) in [5.74, 6) is 0.603. The van der Waals surface area contributed by atoms with E-state index in [9.17, 15) is 4.79 Å². The van der Waals surface area contributed by atoms with Crippen molar-refractivity contribution >= 4 is 16.9 Å². The van der Waals surface area contributed by atoms with Crippen molar-refractivity contribution in [2.24, 2.45) is 0 Å². The Hall–Kier alpha value is -3.55. The minimum atomic E-state index is -0.154. The molecule has 26 heavy (non-hydrogen) atoms. The number of amides is 1. The molecule has 1 aromatic carbocycles. The van der Waals surface area contributed by atoms with Gasteiger partial charge in [-0.15, -0.1) is 5.10 Å². The molecule has 3 heterocycles. The lowest BCUT2D eigenvalue weighted by molar-refractivity contribution is 0.0951. The van der Waals surface area contributed by atoms with E-state index in [-0.39, 0.29) is 5.91 Å². The summed E-state index contributed by atoms with van der Waals surface area (Å²) in [6.45, 7) is 3.15. The molecule has 0 atom stereocenters. The van der Waals surface area contributed by atoms with Crippen LogP contribution in [-0.2, 0) is 13.1 Å². The molecule has 1 amide bonds. The van der Waals surface area contributed by atoms with Crippen LogP contribution in [0.2, 0.25) is 0 Å². The van der Waals surface area contributed by atoms with Gasteiger partial charge in [-0.05, 0) is 42.8 Å². The first-order valence-corrected chi connectivity index (χ1v) is 8.29. The maximum absolute atomic E-state index is 12.5. The second-order valence-corrected chi connectivity index (χ2v) is 5.78. The van der Waals surface area contributed by atoms with Gasteiger partial charge < -0.3 is 5.32 Å². The third-order valence-electron chi connectivity index (χ3n) is 4.11. The van der Waals surface area contributed by atoms with Crippen LogP contribution in [0.3, 0.4) is 0 Å².